The highest BCUT2D eigenvalue weighted by atomic mass is 32.2. The van der Waals surface area contributed by atoms with Crippen molar-refractivity contribution in [2.24, 2.45) is 5.73 Å². The van der Waals surface area contributed by atoms with E-state index >= 15 is 0 Å². The molecule has 0 aliphatic carbocycles. The van der Waals surface area contributed by atoms with E-state index in [-0.39, 0.29) is 11.4 Å². The third kappa shape index (κ3) is 2.84. The lowest BCUT2D eigenvalue weighted by molar-refractivity contribution is 0.128. The van der Waals surface area contributed by atoms with Crippen LogP contribution in [0.5, 0.6) is 0 Å². The quantitative estimate of drug-likeness (QED) is 0.693. The SMILES string of the molecule is CC(CN)S(=O)CC1CCCO1. The highest BCUT2D eigenvalue weighted by molar-refractivity contribution is 7.85. The summed E-state index contributed by atoms with van der Waals surface area (Å²) in [5.74, 6) is 0.665. The van der Waals surface area contributed by atoms with Gasteiger partial charge in [-0.1, -0.05) is 0 Å². The van der Waals surface area contributed by atoms with Crippen LogP contribution in [-0.2, 0) is 15.5 Å². The van der Waals surface area contributed by atoms with Gasteiger partial charge >= 0.3 is 0 Å². The third-order valence-corrected chi connectivity index (χ3v) is 3.95. The monoisotopic (exact) mass is 191 g/mol. The Morgan fingerprint density at radius 3 is 3.00 bits per heavy atom. The van der Waals surface area contributed by atoms with Crippen molar-refractivity contribution in [1.29, 1.82) is 0 Å². The van der Waals surface area contributed by atoms with Crippen molar-refractivity contribution in [1.82, 2.24) is 0 Å². The molecule has 72 valence electrons. The summed E-state index contributed by atoms with van der Waals surface area (Å²) in [6.07, 6.45) is 2.39. The zero-order valence-electron chi connectivity index (χ0n) is 7.49. The topological polar surface area (TPSA) is 52.3 Å². The van der Waals surface area contributed by atoms with Crippen LogP contribution in [-0.4, -0.2) is 34.5 Å². The molecule has 3 atom stereocenters. The summed E-state index contributed by atoms with van der Waals surface area (Å²) in [7, 11) is -0.805. The first-order chi connectivity index (χ1) is 5.74. The molecule has 0 aromatic heterocycles. The molecule has 4 heteroatoms. The Bertz CT molecular complexity index is 157. The van der Waals surface area contributed by atoms with E-state index in [1.807, 2.05) is 6.92 Å². The molecule has 3 nitrogen and oxygen atoms in total. The molecule has 0 aromatic carbocycles. The summed E-state index contributed by atoms with van der Waals surface area (Å²) < 4.78 is 16.9. The molecule has 3 unspecified atom stereocenters. The van der Waals surface area contributed by atoms with E-state index in [1.165, 1.54) is 0 Å². The van der Waals surface area contributed by atoms with Gasteiger partial charge in [0.15, 0.2) is 0 Å². The van der Waals surface area contributed by atoms with Crippen LogP contribution >= 0.6 is 0 Å². The fraction of sp³-hybridized carbons (Fsp3) is 1.00. The molecule has 0 amide bonds. The molecule has 1 fully saturated rings. The maximum atomic E-state index is 11.5. The second-order valence-electron chi connectivity index (χ2n) is 3.23. The summed E-state index contributed by atoms with van der Waals surface area (Å²) in [4.78, 5) is 0. The molecule has 1 aliphatic heterocycles. The van der Waals surface area contributed by atoms with Crippen LogP contribution in [0.15, 0.2) is 0 Å². The Morgan fingerprint density at radius 2 is 2.50 bits per heavy atom. The molecule has 0 saturated carbocycles. The average Bonchev–Trinajstić information content (AvgIpc) is 2.55. The zero-order valence-corrected chi connectivity index (χ0v) is 8.31. The van der Waals surface area contributed by atoms with Crippen LogP contribution in [0.25, 0.3) is 0 Å². The molecular weight excluding hydrogens is 174 g/mol. The van der Waals surface area contributed by atoms with Crippen LogP contribution in [0.1, 0.15) is 19.8 Å². The van der Waals surface area contributed by atoms with Crippen LogP contribution in [0.4, 0.5) is 0 Å². The minimum absolute atomic E-state index is 0.106. The molecule has 1 heterocycles. The number of rotatable bonds is 4. The highest BCUT2D eigenvalue weighted by Gasteiger charge is 2.20. The van der Waals surface area contributed by atoms with Gasteiger partial charge in [-0.15, -0.1) is 0 Å². The predicted octanol–water partition coefficient (Wildman–Crippen LogP) is 0.261. The van der Waals surface area contributed by atoms with Gasteiger partial charge in [0.1, 0.15) is 0 Å². The van der Waals surface area contributed by atoms with Crippen LogP contribution in [0.2, 0.25) is 0 Å². The second kappa shape index (κ2) is 4.94. The normalized spacial score (nSPS) is 28.7. The van der Waals surface area contributed by atoms with E-state index in [1.54, 1.807) is 0 Å². The van der Waals surface area contributed by atoms with E-state index in [9.17, 15) is 4.21 Å². The minimum atomic E-state index is -0.805. The van der Waals surface area contributed by atoms with E-state index < -0.39 is 10.8 Å². The van der Waals surface area contributed by atoms with E-state index in [2.05, 4.69) is 0 Å². The molecule has 1 aliphatic rings. The molecule has 0 aromatic rings. The summed E-state index contributed by atoms with van der Waals surface area (Å²) in [6, 6.07) is 0. The van der Waals surface area contributed by atoms with Crippen molar-refractivity contribution in [3.8, 4) is 0 Å². The van der Waals surface area contributed by atoms with Gasteiger partial charge < -0.3 is 10.5 Å². The van der Waals surface area contributed by atoms with Gasteiger partial charge in [0.25, 0.3) is 0 Å². The van der Waals surface area contributed by atoms with Gasteiger partial charge in [-0.3, -0.25) is 4.21 Å². The second-order valence-corrected chi connectivity index (χ2v) is 5.13. The van der Waals surface area contributed by atoms with Crippen molar-refractivity contribution < 1.29 is 8.95 Å². The largest absolute Gasteiger partial charge is 0.377 e. The number of ether oxygens (including phenoxy) is 1. The number of hydrogen-bond acceptors (Lipinski definition) is 3. The van der Waals surface area contributed by atoms with Gasteiger partial charge in [0.2, 0.25) is 0 Å². The first kappa shape index (κ1) is 10.2. The molecular formula is C8H17NO2S. The van der Waals surface area contributed by atoms with Crippen LogP contribution in [0.3, 0.4) is 0 Å². The van der Waals surface area contributed by atoms with Crippen LogP contribution in [0, 0.1) is 0 Å². The Morgan fingerprint density at radius 1 is 1.75 bits per heavy atom. The fourth-order valence-corrected chi connectivity index (χ4v) is 2.40. The van der Waals surface area contributed by atoms with Crippen molar-refractivity contribution in [3.63, 3.8) is 0 Å². The Labute approximate surface area is 76.1 Å². The van der Waals surface area contributed by atoms with E-state index in [0.29, 0.717) is 12.3 Å². The van der Waals surface area contributed by atoms with Crippen molar-refractivity contribution >= 4 is 10.8 Å². The zero-order chi connectivity index (χ0) is 8.97. The number of nitrogens with two attached hydrogens (primary N) is 1. The van der Waals surface area contributed by atoms with Gasteiger partial charge in [0, 0.05) is 29.2 Å². The maximum absolute atomic E-state index is 11.5. The minimum Gasteiger partial charge on any atom is -0.377 e. The molecule has 1 rings (SSSR count). The van der Waals surface area contributed by atoms with Crippen LogP contribution < -0.4 is 5.73 Å². The lowest BCUT2D eigenvalue weighted by Crippen LogP contribution is -2.28. The average molecular weight is 191 g/mol. The lowest BCUT2D eigenvalue weighted by atomic mass is 10.3. The third-order valence-electron chi connectivity index (χ3n) is 2.15. The summed E-state index contributed by atoms with van der Waals surface area (Å²) in [5, 5.41) is 0.106. The van der Waals surface area contributed by atoms with E-state index in [0.717, 1.165) is 19.4 Å². The molecule has 2 N–H and O–H groups in total. The smallest absolute Gasteiger partial charge is 0.0691 e. The van der Waals surface area contributed by atoms with E-state index in [4.69, 9.17) is 10.5 Å². The van der Waals surface area contributed by atoms with Gasteiger partial charge in [-0.05, 0) is 19.8 Å². The lowest BCUT2D eigenvalue weighted by Gasteiger charge is -2.12. The Hall–Kier alpha value is 0.0700. The Balaban J connectivity index is 2.25. The Kier molecular flexibility index (Phi) is 4.18. The number of hydrogen-bond donors (Lipinski definition) is 1. The molecule has 12 heavy (non-hydrogen) atoms. The first-order valence-electron chi connectivity index (χ1n) is 4.43. The summed E-state index contributed by atoms with van der Waals surface area (Å²) in [6.45, 7) is 3.25. The predicted molar refractivity (Wildman–Crippen MR) is 50.5 cm³/mol. The fourth-order valence-electron chi connectivity index (χ4n) is 1.23. The van der Waals surface area contributed by atoms with Crippen molar-refractivity contribution in [2.75, 3.05) is 18.9 Å². The first-order valence-corrected chi connectivity index (χ1v) is 5.81. The molecule has 1 saturated heterocycles. The van der Waals surface area contributed by atoms with Crippen molar-refractivity contribution in [2.45, 2.75) is 31.1 Å². The van der Waals surface area contributed by atoms with Gasteiger partial charge in [-0.25, -0.2) is 0 Å². The highest BCUT2D eigenvalue weighted by Crippen LogP contribution is 2.13. The van der Waals surface area contributed by atoms with Gasteiger partial charge in [-0.2, -0.15) is 0 Å². The standard InChI is InChI=1S/C8H17NO2S/c1-7(5-9)12(10)6-8-3-2-4-11-8/h7-8H,2-6,9H2,1H3. The molecule has 0 bridgehead atoms. The molecule has 0 radical (unpaired) electrons. The summed E-state index contributed by atoms with van der Waals surface area (Å²) in [5.41, 5.74) is 5.41. The van der Waals surface area contributed by atoms with Crippen molar-refractivity contribution in [3.05, 3.63) is 0 Å². The maximum Gasteiger partial charge on any atom is 0.0691 e. The summed E-state index contributed by atoms with van der Waals surface area (Å²) >= 11 is 0. The molecule has 0 spiro atoms. The van der Waals surface area contributed by atoms with Gasteiger partial charge in [0.05, 0.1) is 11.9 Å².